The first kappa shape index (κ1) is 22.6. The SMILES string of the molecule is Cc1ccc(C(=O)c2sc3cc(O)ccc3c2Oc2ccc(/C=C/OC=O)cc2Cl)c(C)c1. The molecule has 3 aromatic carbocycles. The third-order valence-electron chi connectivity index (χ3n) is 5.02. The van der Waals surface area contributed by atoms with E-state index in [9.17, 15) is 14.7 Å². The Labute approximate surface area is 199 Å². The highest BCUT2D eigenvalue weighted by Crippen LogP contribution is 2.44. The number of ketones is 1. The van der Waals surface area contributed by atoms with Crippen molar-refractivity contribution in [2.45, 2.75) is 13.8 Å². The summed E-state index contributed by atoms with van der Waals surface area (Å²) in [6.45, 7) is 4.20. The summed E-state index contributed by atoms with van der Waals surface area (Å²) in [5.74, 6) is 0.694. The van der Waals surface area contributed by atoms with Gasteiger partial charge >= 0.3 is 0 Å². The zero-order valence-electron chi connectivity index (χ0n) is 17.8. The Kier molecular flexibility index (Phi) is 6.49. The van der Waals surface area contributed by atoms with E-state index in [4.69, 9.17) is 16.3 Å². The number of carbonyl (C=O) groups is 2. The molecule has 0 atom stereocenters. The number of ether oxygens (including phenoxy) is 2. The van der Waals surface area contributed by atoms with E-state index in [2.05, 4.69) is 4.74 Å². The predicted octanol–water partition coefficient (Wildman–Crippen LogP) is 7.04. The Morgan fingerprint density at radius 2 is 1.88 bits per heavy atom. The van der Waals surface area contributed by atoms with Crippen LogP contribution in [-0.4, -0.2) is 17.4 Å². The van der Waals surface area contributed by atoms with E-state index in [0.29, 0.717) is 44.4 Å². The maximum Gasteiger partial charge on any atom is 0.297 e. The summed E-state index contributed by atoms with van der Waals surface area (Å²) in [7, 11) is 0. The largest absolute Gasteiger partial charge is 0.508 e. The van der Waals surface area contributed by atoms with Crippen LogP contribution in [-0.2, 0) is 9.53 Å². The average Bonchev–Trinajstić information content (AvgIpc) is 3.12. The van der Waals surface area contributed by atoms with E-state index in [1.807, 2.05) is 32.0 Å². The molecule has 0 saturated carbocycles. The fourth-order valence-electron chi connectivity index (χ4n) is 3.47. The summed E-state index contributed by atoms with van der Waals surface area (Å²) in [5.41, 5.74) is 3.24. The molecule has 0 bridgehead atoms. The van der Waals surface area contributed by atoms with Crippen LogP contribution in [0.4, 0.5) is 0 Å². The van der Waals surface area contributed by atoms with Crippen molar-refractivity contribution >= 4 is 51.4 Å². The Balaban J connectivity index is 1.78. The van der Waals surface area contributed by atoms with Gasteiger partial charge in [-0.05, 0) is 61.4 Å². The number of thiophene rings is 1. The molecule has 0 aliphatic carbocycles. The van der Waals surface area contributed by atoms with Gasteiger partial charge in [0.05, 0.1) is 11.3 Å². The normalized spacial score (nSPS) is 11.1. The summed E-state index contributed by atoms with van der Waals surface area (Å²) < 4.78 is 11.5. The van der Waals surface area contributed by atoms with Crippen LogP contribution in [0.15, 0.2) is 60.9 Å². The number of benzene rings is 3. The average molecular weight is 479 g/mol. The molecule has 4 aromatic rings. The Morgan fingerprint density at radius 1 is 1.06 bits per heavy atom. The molecule has 0 aliphatic rings. The van der Waals surface area contributed by atoms with E-state index < -0.39 is 0 Å². The van der Waals surface area contributed by atoms with E-state index in [0.717, 1.165) is 15.8 Å². The number of rotatable bonds is 7. The van der Waals surface area contributed by atoms with E-state index in [1.165, 1.54) is 17.6 Å². The van der Waals surface area contributed by atoms with Crippen LogP contribution in [0.5, 0.6) is 17.2 Å². The van der Waals surface area contributed by atoms with Crippen molar-refractivity contribution in [3.05, 3.63) is 93.0 Å². The standard InChI is InChI=1S/C26H19ClO5S/c1-15-3-6-19(16(2)11-15)24(30)26-25(20-7-5-18(29)13-23(20)33-26)32-22-8-4-17(12-21(22)27)9-10-31-14-28/h3-14,29H,1-2H3/b10-9+. The monoisotopic (exact) mass is 478 g/mol. The molecule has 0 amide bonds. The second-order valence-electron chi connectivity index (χ2n) is 7.42. The van der Waals surface area contributed by atoms with Gasteiger partial charge in [-0.15, -0.1) is 11.3 Å². The number of aryl methyl sites for hydroxylation is 2. The number of carbonyl (C=O) groups excluding carboxylic acids is 2. The van der Waals surface area contributed by atoms with Gasteiger partial charge in [0.15, 0.2) is 5.75 Å². The van der Waals surface area contributed by atoms with E-state index in [-0.39, 0.29) is 11.5 Å². The van der Waals surface area contributed by atoms with Gasteiger partial charge in [-0.1, -0.05) is 41.4 Å². The second kappa shape index (κ2) is 9.48. The molecule has 1 N–H and O–H groups in total. The molecule has 7 heteroatoms. The fraction of sp³-hybridized carbons (Fsp3) is 0.0769. The highest BCUT2D eigenvalue weighted by Gasteiger charge is 2.24. The quantitative estimate of drug-likeness (QED) is 0.175. The number of halogens is 1. The minimum absolute atomic E-state index is 0.104. The van der Waals surface area contributed by atoms with Gasteiger partial charge in [0.2, 0.25) is 5.78 Å². The number of aromatic hydroxyl groups is 1. The van der Waals surface area contributed by atoms with Crippen molar-refractivity contribution in [3.8, 4) is 17.2 Å². The molecule has 0 radical (unpaired) electrons. The summed E-state index contributed by atoms with van der Waals surface area (Å²) in [6, 6.07) is 15.6. The first-order chi connectivity index (χ1) is 15.9. The molecule has 166 valence electrons. The molecule has 33 heavy (non-hydrogen) atoms. The van der Waals surface area contributed by atoms with Crippen molar-refractivity contribution in [1.29, 1.82) is 0 Å². The van der Waals surface area contributed by atoms with Gasteiger partial charge in [0.25, 0.3) is 6.47 Å². The van der Waals surface area contributed by atoms with Crippen LogP contribution in [0, 0.1) is 13.8 Å². The second-order valence-corrected chi connectivity index (χ2v) is 8.87. The third kappa shape index (κ3) is 4.77. The van der Waals surface area contributed by atoms with Crippen molar-refractivity contribution < 1.29 is 24.2 Å². The van der Waals surface area contributed by atoms with E-state index >= 15 is 0 Å². The molecule has 0 spiro atoms. The van der Waals surface area contributed by atoms with Crippen molar-refractivity contribution in [3.63, 3.8) is 0 Å². The lowest BCUT2D eigenvalue weighted by atomic mass is 10.0. The summed E-state index contributed by atoms with van der Waals surface area (Å²) in [5, 5.41) is 11.0. The lowest BCUT2D eigenvalue weighted by Crippen LogP contribution is -2.03. The number of hydrogen-bond acceptors (Lipinski definition) is 6. The zero-order valence-corrected chi connectivity index (χ0v) is 19.4. The first-order valence-corrected chi connectivity index (χ1v) is 11.2. The summed E-state index contributed by atoms with van der Waals surface area (Å²) in [6.07, 6.45) is 2.83. The minimum Gasteiger partial charge on any atom is -0.508 e. The van der Waals surface area contributed by atoms with Crippen molar-refractivity contribution in [1.82, 2.24) is 0 Å². The van der Waals surface area contributed by atoms with Crippen LogP contribution in [0.25, 0.3) is 16.2 Å². The smallest absolute Gasteiger partial charge is 0.297 e. The third-order valence-corrected chi connectivity index (χ3v) is 6.45. The highest BCUT2D eigenvalue weighted by molar-refractivity contribution is 7.21. The van der Waals surface area contributed by atoms with Gasteiger partial charge in [0, 0.05) is 15.6 Å². The Morgan fingerprint density at radius 3 is 2.61 bits per heavy atom. The molecule has 0 fully saturated rings. The molecule has 1 heterocycles. The lowest BCUT2D eigenvalue weighted by molar-refractivity contribution is -0.123. The molecule has 0 saturated heterocycles. The molecule has 5 nitrogen and oxygen atoms in total. The van der Waals surface area contributed by atoms with Crippen LogP contribution in [0.1, 0.15) is 31.9 Å². The van der Waals surface area contributed by atoms with Crippen LogP contribution in [0.2, 0.25) is 5.02 Å². The number of hydrogen-bond donors (Lipinski definition) is 1. The van der Waals surface area contributed by atoms with Gasteiger partial charge in [-0.3, -0.25) is 9.59 Å². The van der Waals surface area contributed by atoms with E-state index in [1.54, 1.807) is 42.5 Å². The van der Waals surface area contributed by atoms with Gasteiger partial charge in [-0.25, -0.2) is 0 Å². The molecular weight excluding hydrogens is 460 g/mol. The Hall–Kier alpha value is -3.61. The lowest BCUT2D eigenvalue weighted by Gasteiger charge is -2.11. The summed E-state index contributed by atoms with van der Waals surface area (Å²) in [4.78, 5) is 24.2. The predicted molar refractivity (Wildman–Crippen MR) is 131 cm³/mol. The number of fused-ring (bicyclic) bond motifs is 1. The van der Waals surface area contributed by atoms with Crippen molar-refractivity contribution in [2.24, 2.45) is 0 Å². The molecule has 4 rings (SSSR count). The number of phenolic OH excluding ortho intramolecular Hbond substituents is 1. The molecule has 1 aromatic heterocycles. The minimum atomic E-state index is -0.162. The van der Waals surface area contributed by atoms with Crippen molar-refractivity contribution in [2.75, 3.05) is 0 Å². The molecule has 0 unspecified atom stereocenters. The zero-order chi connectivity index (χ0) is 23.5. The number of phenols is 1. The maximum atomic E-state index is 13.5. The van der Waals surface area contributed by atoms with Crippen LogP contribution in [0.3, 0.4) is 0 Å². The Bertz CT molecular complexity index is 1400. The molecular formula is C26H19ClO5S. The van der Waals surface area contributed by atoms with Crippen LogP contribution >= 0.6 is 22.9 Å². The first-order valence-electron chi connectivity index (χ1n) is 9.98. The molecule has 0 aliphatic heterocycles. The van der Waals surface area contributed by atoms with Crippen LogP contribution < -0.4 is 4.74 Å². The van der Waals surface area contributed by atoms with Gasteiger partial charge in [0.1, 0.15) is 16.4 Å². The fourth-order valence-corrected chi connectivity index (χ4v) is 4.81. The highest BCUT2D eigenvalue weighted by atomic mass is 35.5. The topological polar surface area (TPSA) is 72.8 Å². The van der Waals surface area contributed by atoms with Gasteiger partial charge in [-0.2, -0.15) is 0 Å². The summed E-state index contributed by atoms with van der Waals surface area (Å²) >= 11 is 7.69. The maximum absolute atomic E-state index is 13.5. The van der Waals surface area contributed by atoms with Gasteiger partial charge < -0.3 is 14.6 Å².